The van der Waals surface area contributed by atoms with Crippen molar-refractivity contribution < 1.29 is 0 Å². The molecule has 4 heteroatoms. The molecule has 0 aliphatic carbocycles. The molecule has 0 saturated carbocycles. The number of aromatic nitrogens is 2. The molecule has 17 heavy (non-hydrogen) atoms. The van der Waals surface area contributed by atoms with E-state index in [0.29, 0.717) is 11.7 Å². The van der Waals surface area contributed by atoms with E-state index in [9.17, 15) is 0 Å². The Labute approximate surface area is 106 Å². The van der Waals surface area contributed by atoms with Crippen LogP contribution in [-0.4, -0.2) is 17.0 Å². The second-order valence-corrected chi connectivity index (χ2v) is 4.56. The molecule has 0 spiro atoms. The highest BCUT2D eigenvalue weighted by atomic mass is 35.5. The quantitative estimate of drug-likeness (QED) is 0.878. The second-order valence-electron chi connectivity index (χ2n) is 4.20. The lowest BCUT2D eigenvalue weighted by atomic mass is 10.1. The number of hydrogen-bond donors (Lipinski definition) is 2. The van der Waals surface area contributed by atoms with E-state index in [2.05, 4.69) is 47.3 Å². The zero-order valence-corrected chi connectivity index (χ0v) is 11.0. The molecule has 3 nitrogen and oxygen atoms in total. The Morgan fingerprint density at radius 1 is 1.35 bits per heavy atom. The number of imidazole rings is 1. The van der Waals surface area contributed by atoms with Gasteiger partial charge in [-0.15, -0.1) is 0 Å². The molecule has 2 aromatic rings. The molecule has 0 fully saturated rings. The monoisotopic (exact) mass is 249 g/mol. The van der Waals surface area contributed by atoms with Crippen LogP contribution in [-0.2, 0) is 6.54 Å². The summed E-state index contributed by atoms with van der Waals surface area (Å²) in [4.78, 5) is 7.61. The zero-order valence-electron chi connectivity index (χ0n) is 10.3. The fourth-order valence-electron chi connectivity index (χ4n) is 1.89. The normalized spacial score (nSPS) is 10.8. The van der Waals surface area contributed by atoms with E-state index < -0.39 is 0 Å². The highest BCUT2D eigenvalue weighted by Gasteiger charge is 2.10. The van der Waals surface area contributed by atoms with Gasteiger partial charge >= 0.3 is 0 Å². The zero-order chi connectivity index (χ0) is 12.4. The van der Waals surface area contributed by atoms with E-state index in [4.69, 9.17) is 11.6 Å². The lowest BCUT2D eigenvalue weighted by Crippen LogP contribution is -2.05. The average Bonchev–Trinajstić information content (AvgIpc) is 2.60. The van der Waals surface area contributed by atoms with Crippen molar-refractivity contribution in [1.82, 2.24) is 15.3 Å². The summed E-state index contributed by atoms with van der Waals surface area (Å²) in [5, 5.41) is 3.59. The molecule has 0 amide bonds. The average molecular weight is 250 g/mol. The van der Waals surface area contributed by atoms with Gasteiger partial charge in [-0.05, 0) is 26.5 Å². The van der Waals surface area contributed by atoms with Crippen molar-refractivity contribution in [2.45, 2.75) is 20.4 Å². The predicted molar refractivity (Wildman–Crippen MR) is 71.3 cm³/mol. The Kier molecular flexibility index (Phi) is 3.50. The number of hydrogen-bond acceptors (Lipinski definition) is 2. The summed E-state index contributed by atoms with van der Waals surface area (Å²) in [6.45, 7) is 4.85. The van der Waals surface area contributed by atoms with Crippen molar-refractivity contribution in [2.75, 3.05) is 7.05 Å². The topological polar surface area (TPSA) is 40.7 Å². The Bertz CT molecular complexity index is 531. The largest absolute Gasteiger partial charge is 0.339 e. The third kappa shape index (κ3) is 2.51. The summed E-state index contributed by atoms with van der Waals surface area (Å²) >= 11 is 6.07. The summed E-state index contributed by atoms with van der Waals surface area (Å²) in [5.74, 6) is 0.831. The minimum Gasteiger partial charge on any atom is -0.339 e. The van der Waals surface area contributed by atoms with Gasteiger partial charge in [-0.25, -0.2) is 4.98 Å². The smallest absolute Gasteiger partial charge is 0.152 e. The first-order chi connectivity index (χ1) is 8.11. The minimum atomic E-state index is 0.536. The van der Waals surface area contributed by atoms with Crippen LogP contribution in [0.25, 0.3) is 11.4 Å². The van der Waals surface area contributed by atoms with Crippen LogP contribution in [0.2, 0.25) is 5.15 Å². The van der Waals surface area contributed by atoms with Crippen molar-refractivity contribution in [3.05, 3.63) is 40.2 Å². The van der Waals surface area contributed by atoms with Gasteiger partial charge in [-0.3, -0.25) is 0 Å². The standard InChI is InChI=1S/C13H16ClN3/c1-8-4-5-10(9(2)6-8)13-16-11(7-15-3)12(14)17-13/h4-6,15H,7H2,1-3H3,(H,16,17). The number of aryl methyl sites for hydroxylation is 2. The molecule has 1 aromatic carbocycles. The number of H-pyrrole nitrogens is 1. The first kappa shape index (κ1) is 12.1. The van der Waals surface area contributed by atoms with E-state index in [1.165, 1.54) is 11.1 Å². The molecule has 0 aliphatic heterocycles. The second kappa shape index (κ2) is 4.90. The van der Waals surface area contributed by atoms with Crippen LogP contribution in [0.1, 0.15) is 16.8 Å². The molecule has 0 saturated heterocycles. The predicted octanol–water partition coefficient (Wildman–Crippen LogP) is 3.07. The first-order valence-electron chi connectivity index (χ1n) is 5.58. The molecule has 0 bridgehead atoms. The number of halogens is 1. The minimum absolute atomic E-state index is 0.536. The Hall–Kier alpha value is -1.32. The summed E-state index contributed by atoms with van der Waals surface area (Å²) in [7, 11) is 1.88. The fourth-order valence-corrected chi connectivity index (χ4v) is 2.09. The van der Waals surface area contributed by atoms with E-state index >= 15 is 0 Å². The Morgan fingerprint density at radius 2 is 2.12 bits per heavy atom. The molecule has 1 aromatic heterocycles. The fraction of sp³-hybridized carbons (Fsp3) is 0.308. The van der Waals surface area contributed by atoms with Gasteiger partial charge < -0.3 is 10.3 Å². The maximum atomic E-state index is 6.07. The van der Waals surface area contributed by atoms with Crippen molar-refractivity contribution >= 4 is 11.6 Å². The SMILES string of the molecule is CNCc1[nH]c(-c2ccc(C)cc2C)nc1Cl. The van der Waals surface area contributed by atoms with Crippen LogP contribution >= 0.6 is 11.6 Å². The van der Waals surface area contributed by atoms with Gasteiger partial charge in [0.15, 0.2) is 5.15 Å². The van der Waals surface area contributed by atoms with Crippen LogP contribution < -0.4 is 5.32 Å². The van der Waals surface area contributed by atoms with E-state index in [0.717, 1.165) is 17.1 Å². The van der Waals surface area contributed by atoms with Gasteiger partial charge in [0.1, 0.15) is 5.82 Å². The van der Waals surface area contributed by atoms with Gasteiger partial charge in [0.2, 0.25) is 0 Å². The van der Waals surface area contributed by atoms with Crippen LogP contribution in [0.5, 0.6) is 0 Å². The maximum Gasteiger partial charge on any atom is 0.152 e. The molecule has 0 aliphatic rings. The first-order valence-corrected chi connectivity index (χ1v) is 5.96. The third-order valence-corrected chi connectivity index (χ3v) is 3.03. The maximum absolute atomic E-state index is 6.07. The third-order valence-electron chi connectivity index (χ3n) is 2.72. The molecule has 2 rings (SSSR count). The lowest BCUT2D eigenvalue weighted by molar-refractivity contribution is 0.798. The molecule has 0 radical (unpaired) electrons. The van der Waals surface area contributed by atoms with Crippen molar-refractivity contribution in [1.29, 1.82) is 0 Å². The molecule has 0 unspecified atom stereocenters. The number of aromatic amines is 1. The highest BCUT2D eigenvalue weighted by molar-refractivity contribution is 6.30. The van der Waals surface area contributed by atoms with Gasteiger partial charge in [0.25, 0.3) is 0 Å². The molecule has 0 atom stereocenters. The molecule has 90 valence electrons. The number of benzene rings is 1. The Morgan fingerprint density at radius 3 is 2.76 bits per heavy atom. The molecular weight excluding hydrogens is 234 g/mol. The van der Waals surface area contributed by atoms with Gasteiger partial charge in [-0.1, -0.05) is 35.4 Å². The Balaban J connectivity index is 2.42. The molecular formula is C13H16ClN3. The number of rotatable bonds is 3. The van der Waals surface area contributed by atoms with Crippen molar-refractivity contribution in [3.63, 3.8) is 0 Å². The van der Waals surface area contributed by atoms with Crippen molar-refractivity contribution in [3.8, 4) is 11.4 Å². The molecule has 1 heterocycles. The molecule has 2 N–H and O–H groups in total. The lowest BCUT2D eigenvalue weighted by Gasteiger charge is -2.03. The number of nitrogens with zero attached hydrogens (tertiary/aromatic N) is 1. The van der Waals surface area contributed by atoms with Crippen LogP contribution in [0.4, 0.5) is 0 Å². The van der Waals surface area contributed by atoms with Crippen LogP contribution in [0.15, 0.2) is 18.2 Å². The van der Waals surface area contributed by atoms with Gasteiger partial charge in [0, 0.05) is 12.1 Å². The van der Waals surface area contributed by atoms with E-state index in [1.54, 1.807) is 0 Å². The van der Waals surface area contributed by atoms with Crippen LogP contribution in [0.3, 0.4) is 0 Å². The van der Waals surface area contributed by atoms with Crippen molar-refractivity contribution in [2.24, 2.45) is 0 Å². The van der Waals surface area contributed by atoms with E-state index in [1.807, 2.05) is 7.05 Å². The highest BCUT2D eigenvalue weighted by Crippen LogP contribution is 2.24. The summed E-state index contributed by atoms with van der Waals surface area (Å²) in [5.41, 5.74) is 4.47. The number of nitrogens with one attached hydrogen (secondary N) is 2. The van der Waals surface area contributed by atoms with E-state index in [-0.39, 0.29) is 0 Å². The van der Waals surface area contributed by atoms with Crippen LogP contribution in [0, 0.1) is 13.8 Å². The summed E-state index contributed by atoms with van der Waals surface area (Å²) < 4.78 is 0. The summed E-state index contributed by atoms with van der Waals surface area (Å²) in [6.07, 6.45) is 0. The van der Waals surface area contributed by atoms with Gasteiger partial charge in [-0.2, -0.15) is 0 Å². The van der Waals surface area contributed by atoms with Gasteiger partial charge in [0.05, 0.1) is 5.69 Å². The summed E-state index contributed by atoms with van der Waals surface area (Å²) in [6, 6.07) is 6.29.